The number of carbonyl (C=O) groups excluding carboxylic acids is 4. The Bertz CT molecular complexity index is 1120. The van der Waals surface area contributed by atoms with Crippen LogP contribution in [0.25, 0.3) is 10.8 Å². The summed E-state index contributed by atoms with van der Waals surface area (Å²) in [6.45, 7) is 4.49. The maximum Gasteiger partial charge on any atom is 0.305 e. The molecular formula is C24H29ClN4O6. The Labute approximate surface area is 207 Å². The monoisotopic (exact) mass is 504 g/mol. The summed E-state index contributed by atoms with van der Waals surface area (Å²) >= 11 is 5.94. The fourth-order valence-electron chi connectivity index (χ4n) is 3.28. The first-order chi connectivity index (χ1) is 16.4. The van der Waals surface area contributed by atoms with Gasteiger partial charge in [-0.2, -0.15) is 0 Å². The molecule has 0 heterocycles. The van der Waals surface area contributed by atoms with Crippen LogP contribution in [-0.2, 0) is 19.2 Å². The number of fused-ring (bicyclic) bond motifs is 1. The highest BCUT2D eigenvalue weighted by atomic mass is 35.5. The van der Waals surface area contributed by atoms with Crippen LogP contribution < -0.4 is 16.5 Å². The van der Waals surface area contributed by atoms with Crippen molar-refractivity contribution in [1.29, 1.82) is 0 Å². The summed E-state index contributed by atoms with van der Waals surface area (Å²) in [6, 6.07) is 10.6. The Balaban J connectivity index is 2.04. The molecule has 10 nitrogen and oxygen atoms in total. The van der Waals surface area contributed by atoms with Gasteiger partial charge in [-0.25, -0.2) is 5.84 Å². The van der Waals surface area contributed by atoms with E-state index in [0.29, 0.717) is 10.6 Å². The lowest BCUT2D eigenvalue weighted by Gasteiger charge is -2.25. The van der Waals surface area contributed by atoms with Crippen LogP contribution in [0.5, 0.6) is 0 Å². The number of hydrogen-bond donors (Lipinski definition) is 4. The van der Waals surface area contributed by atoms with Gasteiger partial charge in [0, 0.05) is 12.1 Å². The third kappa shape index (κ3) is 7.49. The Hall–Kier alpha value is -3.50. The number of halogens is 1. The molecule has 0 fully saturated rings. The number of amides is 3. The van der Waals surface area contributed by atoms with E-state index >= 15 is 0 Å². The molecule has 0 aromatic heterocycles. The molecule has 3 atom stereocenters. The summed E-state index contributed by atoms with van der Waals surface area (Å²) in [5, 5.41) is 14.5. The zero-order valence-electron chi connectivity index (χ0n) is 19.7. The average molecular weight is 505 g/mol. The number of carbonyl (C=O) groups is 5. The van der Waals surface area contributed by atoms with Gasteiger partial charge in [0.05, 0.1) is 12.5 Å². The second kappa shape index (κ2) is 12.3. The maximum absolute atomic E-state index is 12.9. The molecule has 35 heavy (non-hydrogen) atoms. The van der Waals surface area contributed by atoms with Crippen molar-refractivity contribution in [3.63, 3.8) is 0 Å². The van der Waals surface area contributed by atoms with Gasteiger partial charge in [-0.1, -0.05) is 44.2 Å². The fourth-order valence-corrected chi connectivity index (χ4v) is 3.59. The zero-order valence-corrected chi connectivity index (χ0v) is 20.4. The summed E-state index contributed by atoms with van der Waals surface area (Å²) in [7, 11) is 0. The Morgan fingerprint density at radius 3 is 2.23 bits per heavy atom. The van der Waals surface area contributed by atoms with Crippen molar-refractivity contribution in [3.05, 3.63) is 48.0 Å². The summed E-state index contributed by atoms with van der Waals surface area (Å²) in [6.07, 6.45) is -0.417. The molecule has 0 spiro atoms. The predicted molar refractivity (Wildman–Crippen MR) is 130 cm³/mol. The van der Waals surface area contributed by atoms with E-state index in [-0.39, 0.29) is 12.5 Å². The van der Waals surface area contributed by atoms with Crippen molar-refractivity contribution in [2.75, 3.05) is 6.54 Å². The van der Waals surface area contributed by atoms with Crippen molar-refractivity contribution >= 4 is 51.8 Å². The first-order valence-corrected chi connectivity index (χ1v) is 11.4. The van der Waals surface area contributed by atoms with Gasteiger partial charge in [0.25, 0.3) is 11.8 Å². The molecule has 2 rings (SSSR count). The molecule has 188 valence electrons. The predicted octanol–water partition coefficient (Wildman–Crippen LogP) is 1.45. The van der Waals surface area contributed by atoms with Crippen LogP contribution in [-0.4, -0.2) is 63.6 Å². The molecule has 3 amide bonds. The van der Waals surface area contributed by atoms with Crippen molar-refractivity contribution in [1.82, 2.24) is 15.6 Å². The highest BCUT2D eigenvalue weighted by Gasteiger charge is 2.33. The summed E-state index contributed by atoms with van der Waals surface area (Å²) in [5.74, 6) is 1.12. The molecule has 2 aromatic carbocycles. The fraction of sp³-hybridized carbons (Fsp3) is 0.375. The van der Waals surface area contributed by atoms with E-state index in [1.165, 1.54) is 6.92 Å². The van der Waals surface area contributed by atoms with Gasteiger partial charge in [0.1, 0.15) is 6.04 Å². The molecule has 2 aromatic rings. The largest absolute Gasteiger partial charge is 0.481 e. The summed E-state index contributed by atoms with van der Waals surface area (Å²) in [5.41, 5.74) is 0.377. The van der Waals surface area contributed by atoms with Gasteiger partial charge >= 0.3 is 5.97 Å². The molecule has 0 bridgehead atoms. The lowest BCUT2D eigenvalue weighted by Crippen LogP contribution is -2.55. The Kier molecular flexibility index (Phi) is 9.73. The molecule has 0 aliphatic rings. The minimum Gasteiger partial charge on any atom is -0.481 e. The van der Waals surface area contributed by atoms with Gasteiger partial charge in [0.2, 0.25) is 5.91 Å². The molecule has 0 aliphatic heterocycles. The van der Waals surface area contributed by atoms with Crippen molar-refractivity contribution in [2.45, 2.75) is 44.7 Å². The SMILES string of the molecule is CC(NC(=O)C(NC(=O)c1ccc2ccccc2c1)C(C)C)C(=O)C(Cl)C(=O)N(N)CCC(=O)O. The second-order valence-electron chi connectivity index (χ2n) is 8.43. The quantitative estimate of drug-likeness (QED) is 0.118. The van der Waals surface area contributed by atoms with Crippen molar-refractivity contribution < 1.29 is 29.1 Å². The number of carboxylic acid groups (broad SMARTS) is 1. The normalized spacial score (nSPS) is 13.5. The lowest BCUT2D eigenvalue weighted by atomic mass is 10.0. The minimum atomic E-state index is -1.71. The van der Waals surface area contributed by atoms with Crippen LogP contribution in [0.15, 0.2) is 42.5 Å². The van der Waals surface area contributed by atoms with Crippen molar-refractivity contribution in [2.24, 2.45) is 11.8 Å². The topological polar surface area (TPSA) is 159 Å². The number of nitrogens with zero attached hydrogens (tertiary/aromatic N) is 1. The number of alkyl halides is 1. The van der Waals surface area contributed by atoms with Crippen LogP contribution in [0.4, 0.5) is 0 Å². The molecular weight excluding hydrogens is 476 g/mol. The first-order valence-electron chi connectivity index (χ1n) is 11.0. The smallest absolute Gasteiger partial charge is 0.305 e. The van der Waals surface area contributed by atoms with Gasteiger partial charge in [-0.05, 0) is 35.7 Å². The number of hydrazine groups is 1. The van der Waals surface area contributed by atoms with Crippen LogP contribution in [0.1, 0.15) is 37.6 Å². The van der Waals surface area contributed by atoms with Crippen LogP contribution >= 0.6 is 11.6 Å². The van der Waals surface area contributed by atoms with E-state index < -0.39 is 53.4 Å². The van der Waals surface area contributed by atoms with Gasteiger partial charge in [-0.3, -0.25) is 29.0 Å². The van der Waals surface area contributed by atoms with Crippen LogP contribution in [0, 0.1) is 5.92 Å². The molecule has 0 aliphatic carbocycles. The van der Waals surface area contributed by atoms with Gasteiger partial charge in [0.15, 0.2) is 11.2 Å². The van der Waals surface area contributed by atoms with E-state index in [9.17, 15) is 24.0 Å². The molecule has 5 N–H and O–H groups in total. The number of hydrogen-bond acceptors (Lipinski definition) is 6. The number of Topliss-reactive ketones (excluding diaryl/α,β-unsaturated/α-hetero) is 1. The van der Waals surface area contributed by atoms with E-state index in [1.54, 1.807) is 26.0 Å². The number of carboxylic acids is 1. The number of nitrogens with one attached hydrogen (secondary N) is 2. The molecule has 0 saturated heterocycles. The first kappa shape index (κ1) is 27.7. The standard InChI is InChI=1S/C24H29ClN4O6/c1-13(2)20(28-22(33)17-9-8-15-6-4-5-7-16(15)12-17)23(34)27-14(3)21(32)19(25)24(35)29(26)11-10-18(30)31/h4-9,12-14,19-20H,10-11,26H2,1-3H3,(H,27,34)(H,28,33)(H,30,31). The lowest BCUT2D eigenvalue weighted by molar-refractivity contribution is -0.139. The molecule has 3 unspecified atom stereocenters. The van der Waals surface area contributed by atoms with E-state index in [2.05, 4.69) is 10.6 Å². The number of rotatable bonds is 11. The highest BCUT2D eigenvalue weighted by Crippen LogP contribution is 2.16. The van der Waals surface area contributed by atoms with E-state index in [0.717, 1.165) is 10.8 Å². The number of nitrogens with two attached hydrogens (primary N) is 1. The van der Waals surface area contributed by atoms with E-state index in [4.69, 9.17) is 22.6 Å². The average Bonchev–Trinajstić information content (AvgIpc) is 2.83. The van der Waals surface area contributed by atoms with Crippen LogP contribution in [0.3, 0.4) is 0 Å². The number of aliphatic carboxylic acids is 1. The van der Waals surface area contributed by atoms with Crippen LogP contribution in [0.2, 0.25) is 0 Å². The number of ketones is 1. The second-order valence-corrected chi connectivity index (χ2v) is 8.86. The molecule has 0 saturated carbocycles. The summed E-state index contributed by atoms with van der Waals surface area (Å²) < 4.78 is 0. The third-order valence-electron chi connectivity index (χ3n) is 5.35. The maximum atomic E-state index is 12.9. The molecule has 0 radical (unpaired) electrons. The summed E-state index contributed by atoms with van der Waals surface area (Å²) in [4.78, 5) is 61.1. The zero-order chi connectivity index (χ0) is 26.3. The van der Waals surface area contributed by atoms with Gasteiger partial charge in [-0.15, -0.1) is 11.6 Å². The number of benzene rings is 2. The third-order valence-corrected chi connectivity index (χ3v) is 5.75. The Morgan fingerprint density at radius 2 is 1.63 bits per heavy atom. The van der Waals surface area contributed by atoms with Gasteiger partial charge < -0.3 is 15.7 Å². The Morgan fingerprint density at radius 1 is 1.00 bits per heavy atom. The molecule has 11 heteroatoms. The minimum absolute atomic E-state index is 0.314. The highest BCUT2D eigenvalue weighted by molar-refractivity contribution is 6.42. The van der Waals surface area contributed by atoms with Crippen molar-refractivity contribution in [3.8, 4) is 0 Å². The van der Waals surface area contributed by atoms with E-state index in [1.807, 2.05) is 30.3 Å².